The molecular weight excluding hydrogens is 204 g/mol. The van der Waals surface area contributed by atoms with Crippen molar-refractivity contribution in [1.82, 2.24) is 19.9 Å². The molecule has 2 aromatic rings. The van der Waals surface area contributed by atoms with Gasteiger partial charge in [-0.2, -0.15) is 0 Å². The maximum atomic E-state index is 5.34. The van der Waals surface area contributed by atoms with Crippen LogP contribution in [-0.4, -0.2) is 19.9 Å². The van der Waals surface area contributed by atoms with Crippen molar-refractivity contribution in [2.45, 2.75) is 13.3 Å². The van der Waals surface area contributed by atoms with Gasteiger partial charge >= 0.3 is 0 Å². The van der Waals surface area contributed by atoms with Crippen LogP contribution in [-0.2, 0) is 6.42 Å². The minimum Gasteiger partial charge on any atom is -0.308 e. The summed E-state index contributed by atoms with van der Waals surface area (Å²) >= 11 is 0. The fourth-order valence-electron chi connectivity index (χ4n) is 1.28. The molecule has 16 heavy (non-hydrogen) atoms. The fraction of sp³-hybridized carbons (Fsp3) is 0.200. The molecule has 2 aromatic heterocycles. The van der Waals surface area contributed by atoms with Crippen LogP contribution in [0.5, 0.6) is 0 Å². The van der Waals surface area contributed by atoms with Crippen molar-refractivity contribution in [1.29, 1.82) is 0 Å². The summed E-state index contributed by atoms with van der Waals surface area (Å²) in [4.78, 5) is 16.7. The van der Waals surface area contributed by atoms with E-state index in [4.69, 9.17) is 5.84 Å². The Morgan fingerprint density at radius 2 is 2.19 bits per heavy atom. The van der Waals surface area contributed by atoms with Crippen molar-refractivity contribution in [3.05, 3.63) is 30.4 Å². The molecule has 0 fully saturated rings. The first-order valence-corrected chi connectivity index (χ1v) is 4.94. The first-order valence-electron chi connectivity index (χ1n) is 4.94. The quantitative estimate of drug-likeness (QED) is 0.582. The third-order valence-corrected chi connectivity index (χ3v) is 2.08. The molecule has 3 N–H and O–H groups in total. The van der Waals surface area contributed by atoms with Gasteiger partial charge in [-0.05, 0) is 6.42 Å². The summed E-state index contributed by atoms with van der Waals surface area (Å²) in [6.45, 7) is 2.02. The number of rotatable bonds is 3. The highest BCUT2D eigenvalue weighted by atomic mass is 15.3. The van der Waals surface area contributed by atoms with Gasteiger partial charge in [0.05, 0.1) is 6.20 Å². The van der Waals surface area contributed by atoms with E-state index in [1.165, 1.54) is 0 Å². The van der Waals surface area contributed by atoms with E-state index in [-0.39, 0.29) is 0 Å². The summed E-state index contributed by atoms with van der Waals surface area (Å²) in [5, 5.41) is 0. The van der Waals surface area contributed by atoms with E-state index < -0.39 is 0 Å². The van der Waals surface area contributed by atoms with E-state index in [1.807, 2.05) is 6.92 Å². The summed E-state index contributed by atoms with van der Waals surface area (Å²) < 4.78 is 0. The molecule has 0 unspecified atom stereocenters. The van der Waals surface area contributed by atoms with Gasteiger partial charge in [-0.15, -0.1) is 0 Å². The van der Waals surface area contributed by atoms with Crippen LogP contribution >= 0.6 is 0 Å². The smallest absolute Gasteiger partial charge is 0.182 e. The Morgan fingerprint density at radius 3 is 2.81 bits per heavy atom. The molecule has 2 rings (SSSR count). The standard InChI is InChI=1S/C10H12N6/c1-2-7-5-9(16-11)15-10(14-7)8-6-12-3-4-13-8/h3-6H,2,11H2,1H3,(H,14,15,16). The van der Waals surface area contributed by atoms with E-state index in [1.54, 1.807) is 24.7 Å². The van der Waals surface area contributed by atoms with E-state index >= 15 is 0 Å². The van der Waals surface area contributed by atoms with E-state index in [0.717, 1.165) is 12.1 Å². The Morgan fingerprint density at radius 1 is 1.31 bits per heavy atom. The highest BCUT2D eigenvalue weighted by molar-refractivity contribution is 5.51. The number of hydrazine groups is 1. The largest absolute Gasteiger partial charge is 0.308 e. The average molecular weight is 216 g/mol. The predicted octanol–water partition coefficient (Wildman–Crippen LogP) is 0.782. The Labute approximate surface area is 93.0 Å². The lowest BCUT2D eigenvalue weighted by atomic mass is 10.3. The highest BCUT2D eigenvalue weighted by Gasteiger charge is 2.06. The van der Waals surface area contributed by atoms with Gasteiger partial charge < -0.3 is 5.43 Å². The zero-order valence-electron chi connectivity index (χ0n) is 8.88. The second-order valence-electron chi connectivity index (χ2n) is 3.16. The van der Waals surface area contributed by atoms with Crippen LogP contribution in [0.25, 0.3) is 11.5 Å². The molecule has 0 saturated heterocycles. The normalized spacial score (nSPS) is 10.1. The van der Waals surface area contributed by atoms with Crippen molar-refractivity contribution >= 4 is 5.82 Å². The number of nitrogen functional groups attached to an aromatic ring is 1. The summed E-state index contributed by atoms with van der Waals surface area (Å²) in [5.41, 5.74) is 4.05. The van der Waals surface area contributed by atoms with E-state index in [0.29, 0.717) is 17.3 Å². The molecule has 0 aliphatic rings. The molecule has 0 amide bonds. The van der Waals surface area contributed by atoms with Gasteiger partial charge in [-0.25, -0.2) is 20.8 Å². The SMILES string of the molecule is CCc1cc(NN)nc(-c2cnccn2)n1. The summed E-state index contributed by atoms with van der Waals surface area (Å²) in [5.74, 6) is 6.45. The van der Waals surface area contributed by atoms with Gasteiger partial charge in [-0.1, -0.05) is 6.92 Å². The molecule has 0 spiro atoms. The number of aryl methyl sites for hydroxylation is 1. The van der Waals surface area contributed by atoms with Crippen molar-refractivity contribution in [2.75, 3.05) is 5.43 Å². The molecule has 0 saturated carbocycles. The molecule has 0 aliphatic heterocycles. The van der Waals surface area contributed by atoms with Crippen LogP contribution in [0.3, 0.4) is 0 Å². The fourth-order valence-corrected chi connectivity index (χ4v) is 1.28. The van der Waals surface area contributed by atoms with Crippen LogP contribution in [0.2, 0.25) is 0 Å². The van der Waals surface area contributed by atoms with Crippen molar-refractivity contribution in [2.24, 2.45) is 5.84 Å². The first kappa shape index (κ1) is 10.4. The lowest BCUT2D eigenvalue weighted by Crippen LogP contribution is -2.10. The van der Waals surface area contributed by atoms with Gasteiger partial charge in [0.2, 0.25) is 0 Å². The van der Waals surface area contributed by atoms with Crippen LogP contribution in [0, 0.1) is 0 Å². The number of hydrogen-bond donors (Lipinski definition) is 2. The van der Waals surface area contributed by atoms with Crippen molar-refractivity contribution in [3.63, 3.8) is 0 Å². The lowest BCUT2D eigenvalue weighted by molar-refractivity contribution is 0.991. The van der Waals surface area contributed by atoms with E-state index in [9.17, 15) is 0 Å². The zero-order valence-corrected chi connectivity index (χ0v) is 8.88. The number of anilines is 1. The second-order valence-corrected chi connectivity index (χ2v) is 3.16. The average Bonchev–Trinajstić information content (AvgIpc) is 2.39. The Kier molecular flexibility index (Phi) is 3.02. The zero-order chi connectivity index (χ0) is 11.4. The van der Waals surface area contributed by atoms with Gasteiger partial charge in [0, 0.05) is 24.2 Å². The molecule has 2 heterocycles. The summed E-state index contributed by atoms with van der Waals surface area (Å²) in [7, 11) is 0. The van der Waals surface area contributed by atoms with Gasteiger partial charge in [-0.3, -0.25) is 4.98 Å². The molecule has 82 valence electrons. The number of aromatic nitrogens is 4. The number of hydrogen-bond acceptors (Lipinski definition) is 6. The van der Waals surface area contributed by atoms with E-state index in [2.05, 4.69) is 25.4 Å². The lowest BCUT2D eigenvalue weighted by Gasteiger charge is -2.05. The topological polar surface area (TPSA) is 89.6 Å². The third-order valence-electron chi connectivity index (χ3n) is 2.08. The third kappa shape index (κ3) is 2.12. The van der Waals surface area contributed by atoms with Gasteiger partial charge in [0.1, 0.15) is 11.5 Å². The van der Waals surface area contributed by atoms with Gasteiger partial charge in [0.15, 0.2) is 5.82 Å². The van der Waals surface area contributed by atoms with Crippen molar-refractivity contribution in [3.8, 4) is 11.5 Å². The Hall–Kier alpha value is -2.08. The highest BCUT2D eigenvalue weighted by Crippen LogP contribution is 2.14. The molecule has 0 aliphatic carbocycles. The molecule has 0 bridgehead atoms. The molecule has 6 nitrogen and oxygen atoms in total. The molecule has 0 atom stereocenters. The van der Waals surface area contributed by atoms with Crippen LogP contribution < -0.4 is 11.3 Å². The second kappa shape index (κ2) is 4.63. The Balaban J connectivity index is 2.48. The summed E-state index contributed by atoms with van der Waals surface area (Å²) in [6.07, 6.45) is 5.64. The molecule has 6 heteroatoms. The summed E-state index contributed by atoms with van der Waals surface area (Å²) in [6, 6.07) is 1.81. The monoisotopic (exact) mass is 216 g/mol. The number of nitrogens with zero attached hydrogens (tertiary/aromatic N) is 4. The van der Waals surface area contributed by atoms with Gasteiger partial charge in [0.25, 0.3) is 0 Å². The minimum absolute atomic E-state index is 0.528. The number of nitrogens with two attached hydrogens (primary N) is 1. The predicted molar refractivity (Wildman–Crippen MR) is 60.2 cm³/mol. The Bertz CT molecular complexity index is 448. The maximum Gasteiger partial charge on any atom is 0.182 e. The molecule has 0 radical (unpaired) electrons. The number of nitrogens with one attached hydrogen (secondary N) is 1. The van der Waals surface area contributed by atoms with Crippen LogP contribution in [0.15, 0.2) is 24.7 Å². The maximum absolute atomic E-state index is 5.34. The van der Waals surface area contributed by atoms with Crippen LogP contribution in [0.1, 0.15) is 12.6 Å². The molecular formula is C10H12N6. The molecule has 0 aromatic carbocycles. The van der Waals surface area contributed by atoms with Crippen LogP contribution in [0.4, 0.5) is 5.82 Å². The van der Waals surface area contributed by atoms with Crippen molar-refractivity contribution < 1.29 is 0 Å². The minimum atomic E-state index is 0.528. The first-order chi connectivity index (χ1) is 7.83.